The average Bonchev–Trinajstić information content (AvgIpc) is 1.14. The molecule has 11 heteroatoms. The maximum Gasteiger partial charge on any atom is 3.00 e. The molecule has 7 nitrogen and oxygen atoms in total. The third-order valence-corrected chi connectivity index (χ3v) is 1.80. The molecule has 0 aliphatic carbocycles. The van der Waals surface area contributed by atoms with E-state index in [4.69, 9.17) is 0 Å². The second-order valence-corrected chi connectivity index (χ2v) is 3.42. The summed E-state index contributed by atoms with van der Waals surface area (Å²) in [6, 6.07) is 0. The monoisotopic (exact) mass is 276 g/mol. The number of rotatable bonds is 2. The average molecular weight is 277 g/mol. The van der Waals surface area contributed by atoms with Gasteiger partial charge in [0.2, 0.25) is 0 Å². The molecule has 0 unspecified atom stereocenters. The van der Waals surface area contributed by atoms with Gasteiger partial charge in [0.25, 0.3) is 0 Å². The minimum absolute atomic E-state index is 0. The predicted octanol–water partition coefficient (Wildman–Crippen LogP) is -6.34. The van der Waals surface area contributed by atoms with E-state index in [9.17, 15) is 28.7 Å². The van der Waals surface area contributed by atoms with Crippen LogP contribution >= 0.6 is 15.6 Å². The molecule has 0 saturated carbocycles. The molecule has 0 radical (unpaired) electrons. The van der Waals surface area contributed by atoms with E-state index >= 15 is 0 Å². The van der Waals surface area contributed by atoms with Gasteiger partial charge in [-0.1, -0.05) is 0 Å². The van der Waals surface area contributed by atoms with E-state index in [0.29, 0.717) is 0 Å². The molecule has 0 rings (SSSR count). The molecule has 11 heavy (non-hydrogen) atoms. The van der Waals surface area contributed by atoms with Crippen molar-refractivity contribution >= 4 is 15.6 Å². The van der Waals surface area contributed by atoms with Crippen molar-refractivity contribution in [3.05, 3.63) is 0 Å². The molecule has 0 aliphatic heterocycles. The smallest absolute Gasteiger partial charge is 0.790 e. The van der Waals surface area contributed by atoms with Gasteiger partial charge >= 0.3 is 68.5 Å². The summed E-state index contributed by atoms with van der Waals surface area (Å²) in [4.78, 5) is 37.3. The Hall–Kier alpha value is 2.42. The van der Waals surface area contributed by atoms with Crippen LogP contribution in [-0.4, -0.2) is 0 Å². The Morgan fingerprint density at radius 1 is 0.909 bits per heavy atom. The number of hydrogen-bond acceptors (Lipinski definition) is 7. The molecule has 0 fully saturated rings. The minimum Gasteiger partial charge on any atom is -0.790 e. The van der Waals surface area contributed by atoms with Gasteiger partial charge in [0.15, 0.2) is 0 Å². The zero-order chi connectivity index (χ0) is 7.71. The minimum atomic E-state index is -5.68. The third kappa shape index (κ3) is 19.0. The summed E-state index contributed by atoms with van der Waals surface area (Å²) >= 11 is 0. The van der Waals surface area contributed by atoms with Gasteiger partial charge in [0, 0.05) is 0 Å². The zero-order valence-electron chi connectivity index (χ0n) is 5.05. The van der Waals surface area contributed by atoms with Crippen molar-refractivity contribution in [3.63, 3.8) is 0 Å². The molecule has 0 saturated heterocycles. The van der Waals surface area contributed by atoms with Crippen molar-refractivity contribution in [2.24, 2.45) is 0 Å². The molecule has 64 valence electrons. The topological polar surface area (TPSA) is 136 Å². The van der Waals surface area contributed by atoms with E-state index < -0.39 is 15.6 Å². The number of hydrogen-bond donors (Lipinski definition) is 0. The van der Waals surface area contributed by atoms with Crippen LogP contribution in [-0.2, 0) is 30.5 Å². The first kappa shape index (κ1) is 19.1. The molecule has 0 amide bonds. The van der Waals surface area contributed by atoms with Crippen LogP contribution in [0.1, 0.15) is 0 Å². The van der Waals surface area contributed by atoms with Gasteiger partial charge in [0.1, 0.15) is 0 Å². The van der Waals surface area contributed by atoms with Crippen LogP contribution in [0.2, 0.25) is 0 Å². The van der Waals surface area contributed by atoms with E-state index in [1.54, 1.807) is 0 Å². The Morgan fingerprint density at radius 2 is 1.09 bits per heavy atom. The van der Waals surface area contributed by atoms with E-state index in [1.165, 1.54) is 0 Å². The molecule has 0 heterocycles. The second-order valence-electron chi connectivity index (χ2n) is 0.976. The zero-order valence-corrected chi connectivity index (χ0v) is 10.9. The largest absolute Gasteiger partial charge is 3.00 e. The summed E-state index contributed by atoms with van der Waals surface area (Å²) in [6.45, 7) is 0. The first-order chi connectivity index (χ1) is 3.71. The van der Waals surface area contributed by atoms with Crippen LogP contribution in [0.4, 0.5) is 0 Å². The summed E-state index contributed by atoms with van der Waals surface area (Å²) in [5, 5.41) is 0. The summed E-state index contributed by atoms with van der Waals surface area (Å²) in [5.74, 6) is 0. The van der Waals surface area contributed by atoms with Crippen LogP contribution in [0.25, 0.3) is 0 Å². The summed E-state index contributed by atoms with van der Waals surface area (Å²) in [5.41, 5.74) is 0. The van der Waals surface area contributed by atoms with Gasteiger partial charge in [-0.05, 0) is 0 Å². The Labute approximate surface area is 115 Å². The van der Waals surface area contributed by atoms with Crippen LogP contribution in [0.3, 0.4) is 0 Å². The van der Waals surface area contributed by atoms with Crippen LogP contribution < -0.4 is 71.0 Å². The maximum atomic E-state index is 9.32. The molecule has 0 N–H and O–H groups in total. The van der Waals surface area contributed by atoms with Crippen molar-refractivity contribution in [2.45, 2.75) is 0 Å². The van der Waals surface area contributed by atoms with Gasteiger partial charge in [0.05, 0.1) is 15.6 Å². The molecule has 0 atom stereocenters. The fraction of sp³-hybridized carbons (Fsp3) is 0. The summed E-state index contributed by atoms with van der Waals surface area (Å²) in [7, 11) is -11.4. The van der Waals surface area contributed by atoms with Crippen molar-refractivity contribution in [1.29, 1.82) is 0 Å². The Morgan fingerprint density at radius 3 is 1.09 bits per heavy atom. The van der Waals surface area contributed by atoms with Crippen LogP contribution in [0.15, 0.2) is 0 Å². The first-order valence-corrected chi connectivity index (χ1v) is 4.38. The predicted molar refractivity (Wildman–Crippen MR) is 16.3 cm³/mol. The summed E-state index contributed by atoms with van der Waals surface area (Å²) < 4.78 is 21.2. The van der Waals surface area contributed by atoms with Crippen LogP contribution in [0.5, 0.6) is 0 Å². The fourth-order valence-corrected chi connectivity index (χ4v) is 1.10. The van der Waals surface area contributed by atoms with Gasteiger partial charge in [-0.2, -0.15) is 0 Å². The molecule has 0 bridgehead atoms. The molecular weight excluding hydrogens is 277 g/mol. The molecule has 0 aliphatic rings. The van der Waals surface area contributed by atoms with Gasteiger partial charge in [-0.15, -0.1) is 0 Å². The van der Waals surface area contributed by atoms with Gasteiger partial charge in [-0.25, -0.2) is 0 Å². The van der Waals surface area contributed by atoms with E-state index in [2.05, 4.69) is 4.31 Å². The second kappa shape index (κ2) is 6.81. The Balaban J connectivity index is -0.000000320. The fourth-order valence-electron chi connectivity index (χ4n) is 0.122. The van der Waals surface area contributed by atoms with Crippen molar-refractivity contribution in [1.82, 2.24) is 0 Å². The standard InChI is InChI=1S/Cu.K.H4O7P2/c;;1-8(2,3)7-9(4,5)6/h;;(H2,1,2,3)(H2,4,5,6)/q+3;+1;/p-4. The normalized spacial score (nSPS) is 11.3. The quantitative estimate of drug-likeness (QED) is 0.361. The number of phosphoric acid groups is 2. The van der Waals surface area contributed by atoms with Crippen molar-refractivity contribution < 1.29 is 101 Å². The van der Waals surface area contributed by atoms with Crippen molar-refractivity contribution in [3.8, 4) is 0 Å². The first-order valence-electron chi connectivity index (χ1n) is 1.46. The summed E-state index contributed by atoms with van der Waals surface area (Å²) in [6.07, 6.45) is 0. The Bertz CT molecular complexity index is 157. The maximum absolute atomic E-state index is 9.32. The SMILES string of the molecule is O=P([O-])([O-])OP(=O)([O-])[O-].[Cu+3].[K+]. The third-order valence-electron chi connectivity index (χ3n) is 0.200. The molecule has 0 aromatic carbocycles. The van der Waals surface area contributed by atoms with E-state index in [-0.39, 0.29) is 68.5 Å². The van der Waals surface area contributed by atoms with E-state index in [1.807, 2.05) is 0 Å². The van der Waals surface area contributed by atoms with Gasteiger partial charge < -0.3 is 33.0 Å². The van der Waals surface area contributed by atoms with Crippen LogP contribution in [0, 0.1) is 0 Å². The van der Waals surface area contributed by atoms with Gasteiger partial charge in [-0.3, -0.25) is 0 Å². The molecular formula is CuKO7P2. The van der Waals surface area contributed by atoms with Crippen molar-refractivity contribution in [2.75, 3.05) is 0 Å². The molecule has 0 spiro atoms. The Kier molecular flexibility index (Phi) is 11.8. The van der Waals surface area contributed by atoms with E-state index in [0.717, 1.165) is 0 Å². The molecule has 0 aromatic heterocycles. The molecule has 0 aromatic rings.